The highest BCUT2D eigenvalue weighted by atomic mass is 127. The Morgan fingerprint density at radius 1 is 1.16 bits per heavy atom. The number of amides is 1. The molecule has 1 fully saturated rings. The summed E-state index contributed by atoms with van der Waals surface area (Å²) < 4.78 is 0. The number of hydrogen-bond donors (Lipinski definition) is 2. The van der Waals surface area contributed by atoms with Gasteiger partial charge >= 0.3 is 0 Å². The number of carbonyl (C=O) groups excluding carboxylic acids is 1. The zero-order valence-corrected chi connectivity index (χ0v) is 17.9. The maximum Gasteiger partial charge on any atom is 0.241 e. The Hall–Kier alpha value is -1.22. The average molecular weight is 480 g/mol. The number of guanidine groups is 1. The first-order chi connectivity index (χ1) is 11.6. The second-order valence-corrected chi connectivity index (χ2v) is 6.01. The molecule has 1 aliphatic rings. The Balaban J connectivity index is 0.00000312. The van der Waals surface area contributed by atoms with Crippen molar-refractivity contribution < 1.29 is 4.79 Å². The quantitative estimate of drug-likeness (QED) is 0.386. The fraction of sp³-hybridized carbons (Fsp3) is 0.529. The normalized spacial score (nSPS) is 14.8. The van der Waals surface area contributed by atoms with Crippen LogP contribution in [0.25, 0.3) is 0 Å². The molecule has 0 unspecified atom stereocenters. The molecule has 1 heterocycles. The first-order valence-corrected chi connectivity index (χ1v) is 8.82. The zero-order chi connectivity index (χ0) is 17.4. The van der Waals surface area contributed by atoms with E-state index in [0.717, 1.165) is 49.4 Å². The van der Waals surface area contributed by atoms with E-state index in [1.807, 2.05) is 32.0 Å². The van der Waals surface area contributed by atoms with Crippen molar-refractivity contribution in [3.05, 3.63) is 29.3 Å². The topological polar surface area (TPSA) is 60.0 Å². The number of nitrogens with one attached hydrogen (secondary N) is 2. The lowest BCUT2D eigenvalue weighted by molar-refractivity contribution is -0.119. The van der Waals surface area contributed by atoms with E-state index < -0.39 is 0 Å². The van der Waals surface area contributed by atoms with Crippen LogP contribution in [-0.2, 0) is 4.79 Å². The third-order valence-electron chi connectivity index (χ3n) is 3.83. The Bertz CT molecular complexity index is 576. The van der Waals surface area contributed by atoms with Crippen molar-refractivity contribution in [1.82, 2.24) is 15.5 Å². The number of rotatable bonds is 5. The standard InChI is InChI=1S/C17H26ClN5O.HI/c1-3-19-16(24)13-21-17(20-4-2)23-10-8-22(9-11-23)15-7-5-6-14(18)12-15;/h5-7,12H,3-4,8-11,13H2,1-2H3,(H,19,24)(H,20,21);1H. The molecule has 1 amide bonds. The van der Waals surface area contributed by atoms with E-state index in [1.54, 1.807) is 0 Å². The van der Waals surface area contributed by atoms with Gasteiger partial charge in [-0.15, -0.1) is 24.0 Å². The van der Waals surface area contributed by atoms with Crippen molar-refractivity contribution in [2.75, 3.05) is 50.7 Å². The van der Waals surface area contributed by atoms with E-state index in [2.05, 4.69) is 31.5 Å². The third kappa shape index (κ3) is 6.89. The molecule has 2 rings (SSSR count). The molecule has 0 aliphatic carbocycles. The molecule has 1 aromatic rings. The summed E-state index contributed by atoms with van der Waals surface area (Å²) in [5.41, 5.74) is 1.14. The summed E-state index contributed by atoms with van der Waals surface area (Å²) >= 11 is 6.08. The van der Waals surface area contributed by atoms with E-state index in [1.165, 1.54) is 0 Å². The second-order valence-electron chi connectivity index (χ2n) is 5.58. The van der Waals surface area contributed by atoms with Gasteiger partial charge in [0.2, 0.25) is 5.91 Å². The molecule has 25 heavy (non-hydrogen) atoms. The van der Waals surface area contributed by atoms with E-state index in [4.69, 9.17) is 11.6 Å². The highest BCUT2D eigenvalue weighted by Gasteiger charge is 2.20. The van der Waals surface area contributed by atoms with Gasteiger partial charge in [-0.25, -0.2) is 4.99 Å². The molecule has 1 aliphatic heterocycles. The van der Waals surface area contributed by atoms with E-state index >= 15 is 0 Å². The molecule has 0 atom stereocenters. The second kappa shape index (κ2) is 11.4. The third-order valence-corrected chi connectivity index (χ3v) is 4.07. The predicted octanol–water partition coefficient (Wildman–Crippen LogP) is 2.18. The molecule has 0 saturated carbocycles. The van der Waals surface area contributed by atoms with Gasteiger partial charge in [0, 0.05) is 50.0 Å². The molecule has 0 spiro atoms. The van der Waals surface area contributed by atoms with Crippen molar-refractivity contribution in [3.8, 4) is 0 Å². The number of piperazine rings is 1. The summed E-state index contributed by atoms with van der Waals surface area (Å²) in [5.74, 6) is 0.750. The van der Waals surface area contributed by atoms with Crippen LogP contribution in [0.4, 0.5) is 5.69 Å². The number of halogens is 2. The lowest BCUT2D eigenvalue weighted by Crippen LogP contribution is -2.52. The van der Waals surface area contributed by atoms with E-state index in [0.29, 0.717) is 6.54 Å². The Labute approximate surface area is 172 Å². The molecule has 0 aromatic heterocycles. The van der Waals surface area contributed by atoms with Crippen molar-refractivity contribution >= 4 is 53.1 Å². The minimum Gasteiger partial charge on any atom is -0.368 e. The summed E-state index contributed by atoms with van der Waals surface area (Å²) in [6, 6.07) is 7.93. The molecule has 6 nitrogen and oxygen atoms in total. The monoisotopic (exact) mass is 479 g/mol. The van der Waals surface area contributed by atoms with Crippen LogP contribution in [0.15, 0.2) is 29.3 Å². The number of likely N-dealkylation sites (N-methyl/N-ethyl adjacent to an activating group) is 1. The number of hydrogen-bond acceptors (Lipinski definition) is 3. The fourth-order valence-electron chi connectivity index (χ4n) is 2.67. The zero-order valence-electron chi connectivity index (χ0n) is 14.8. The molecule has 8 heteroatoms. The molecule has 1 aromatic carbocycles. The number of benzene rings is 1. The van der Waals surface area contributed by atoms with Gasteiger partial charge in [-0.05, 0) is 32.0 Å². The van der Waals surface area contributed by atoms with Crippen LogP contribution in [0.2, 0.25) is 5.02 Å². The number of aliphatic imine (C=N–C) groups is 1. The van der Waals surface area contributed by atoms with Gasteiger partial charge in [-0.3, -0.25) is 4.79 Å². The van der Waals surface area contributed by atoms with Gasteiger partial charge < -0.3 is 20.4 Å². The van der Waals surface area contributed by atoms with Crippen molar-refractivity contribution in [2.24, 2.45) is 4.99 Å². The van der Waals surface area contributed by atoms with Crippen molar-refractivity contribution in [3.63, 3.8) is 0 Å². The SMILES string of the molecule is CCNC(=O)CN=C(NCC)N1CCN(c2cccc(Cl)c2)CC1.I. The minimum absolute atomic E-state index is 0. The van der Waals surface area contributed by atoms with Crippen molar-refractivity contribution in [2.45, 2.75) is 13.8 Å². The van der Waals surface area contributed by atoms with Gasteiger partial charge in [0.05, 0.1) is 0 Å². The Morgan fingerprint density at radius 2 is 1.84 bits per heavy atom. The number of nitrogens with zero attached hydrogens (tertiary/aromatic N) is 3. The summed E-state index contributed by atoms with van der Waals surface area (Å²) in [5, 5.41) is 6.79. The van der Waals surface area contributed by atoms with Gasteiger partial charge in [0.15, 0.2) is 5.96 Å². The Kier molecular flexibility index (Phi) is 9.96. The summed E-state index contributed by atoms with van der Waals surface area (Å²) in [6.45, 7) is 9.00. The molecule has 0 bridgehead atoms. The summed E-state index contributed by atoms with van der Waals surface area (Å²) in [6.07, 6.45) is 0. The van der Waals surface area contributed by atoms with Gasteiger partial charge in [-0.2, -0.15) is 0 Å². The van der Waals surface area contributed by atoms with Gasteiger partial charge in [0.25, 0.3) is 0 Å². The molecule has 0 radical (unpaired) electrons. The van der Waals surface area contributed by atoms with Crippen LogP contribution in [0.1, 0.15) is 13.8 Å². The first kappa shape index (κ1) is 21.8. The van der Waals surface area contributed by atoms with Crippen LogP contribution in [0.5, 0.6) is 0 Å². The lowest BCUT2D eigenvalue weighted by atomic mass is 10.2. The summed E-state index contributed by atoms with van der Waals surface area (Å²) in [7, 11) is 0. The average Bonchev–Trinajstić information content (AvgIpc) is 2.59. The van der Waals surface area contributed by atoms with Crippen LogP contribution in [-0.4, -0.2) is 62.6 Å². The molecule has 140 valence electrons. The minimum atomic E-state index is -0.0505. The van der Waals surface area contributed by atoms with Crippen LogP contribution in [0.3, 0.4) is 0 Å². The van der Waals surface area contributed by atoms with E-state index in [9.17, 15) is 4.79 Å². The highest BCUT2D eigenvalue weighted by Crippen LogP contribution is 2.20. The van der Waals surface area contributed by atoms with Gasteiger partial charge in [0.1, 0.15) is 6.54 Å². The molecule has 2 N–H and O–H groups in total. The maximum atomic E-state index is 11.6. The number of anilines is 1. The largest absolute Gasteiger partial charge is 0.368 e. The molecular weight excluding hydrogens is 453 g/mol. The van der Waals surface area contributed by atoms with E-state index in [-0.39, 0.29) is 36.4 Å². The number of carbonyl (C=O) groups is 1. The van der Waals surface area contributed by atoms with Gasteiger partial charge in [-0.1, -0.05) is 17.7 Å². The predicted molar refractivity (Wildman–Crippen MR) is 115 cm³/mol. The lowest BCUT2D eigenvalue weighted by Gasteiger charge is -2.37. The Morgan fingerprint density at radius 3 is 2.44 bits per heavy atom. The fourth-order valence-corrected chi connectivity index (χ4v) is 2.86. The molecular formula is C17H27ClIN5O. The van der Waals surface area contributed by atoms with Crippen LogP contribution in [0, 0.1) is 0 Å². The van der Waals surface area contributed by atoms with Crippen LogP contribution < -0.4 is 15.5 Å². The first-order valence-electron chi connectivity index (χ1n) is 8.44. The smallest absolute Gasteiger partial charge is 0.241 e. The highest BCUT2D eigenvalue weighted by molar-refractivity contribution is 14.0. The maximum absolute atomic E-state index is 11.6. The van der Waals surface area contributed by atoms with Crippen LogP contribution >= 0.6 is 35.6 Å². The summed E-state index contributed by atoms with van der Waals surface area (Å²) in [4.78, 5) is 20.6. The molecule has 1 saturated heterocycles. The van der Waals surface area contributed by atoms with Crippen molar-refractivity contribution in [1.29, 1.82) is 0 Å².